The van der Waals surface area contributed by atoms with Gasteiger partial charge < -0.3 is 15.0 Å². The quantitative estimate of drug-likeness (QED) is 0.844. The number of carbonyl (C=O) groups excluding carboxylic acids is 1. The second-order valence-corrected chi connectivity index (χ2v) is 4.60. The van der Waals surface area contributed by atoms with E-state index in [0.717, 1.165) is 25.1 Å². The van der Waals surface area contributed by atoms with E-state index in [2.05, 4.69) is 5.32 Å². The lowest BCUT2D eigenvalue weighted by Gasteiger charge is -2.23. The fraction of sp³-hybridized carbons (Fsp3) is 0.462. The zero-order valence-corrected chi connectivity index (χ0v) is 9.90. The van der Waals surface area contributed by atoms with Crippen LogP contribution < -0.4 is 10.1 Å². The molecule has 0 bridgehead atoms. The number of anilines is 1. The molecular formula is C13H16N2O2. The summed E-state index contributed by atoms with van der Waals surface area (Å²) in [6.45, 7) is 1.41. The molecule has 0 spiro atoms. The summed E-state index contributed by atoms with van der Waals surface area (Å²) in [4.78, 5) is 14.1. The monoisotopic (exact) mass is 232 g/mol. The van der Waals surface area contributed by atoms with E-state index in [1.54, 1.807) is 0 Å². The molecule has 1 aromatic rings. The first-order valence-electron chi connectivity index (χ1n) is 6.04. The van der Waals surface area contributed by atoms with Crippen LogP contribution >= 0.6 is 0 Å². The summed E-state index contributed by atoms with van der Waals surface area (Å²) in [5.74, 6) is 0.768. The molecule has 1 saturated carbocycles. The lowest BCUT2D eigenvalue weighted by Crippen LogP contribution is -2.30. The second kappa shape index (κ2) is 3.95. The highest BCUT2D eigenvalue weighted by Gasteiger charge is 2.32. The van der Waals surface area contributed by atoms with Crippen LogP contribution in [0.2, 0.25) is 0 Å². The summed E-state index contributed by atoms with van der Waals surface area (Å²) in [5, 5.41) is 3.25. The number of carbonyl (C=O) groups is 1. The zero-order chi connectivity index (χ0) is 11.8. The first-order valence-corrected chi connectivity index (χ1v) is 6.04. The lowest BCUT2D eigenvalue weighted by molar-refractivity contribution is 0.0780. The van der Waals surface area contributed by atoms with Crippen LogP contribution in [-0.2, 0) is 0 Å². The van der Waals surface area contributed by atoms with Gasteiger partial charge >= 0.3 is 0 Å². The summed E-state index contributed by atoms with van der Waals surface area (Å²) >= 11 is 0. The van der Waals surface area contributed by atoms with Crippen molar-refractivity contribution >= 4 is 11.6 Å². The standard InChI is InChI=1S/C13H16N2O2/c1-15(9-5-6-9)13(16)10-3-2-4-11-12(10)17-8-7-14-11/h2-4,9,14H,5-8H2,1H3. The number of hydrogen-bond acceptors (Lipinski definition) is 3. The molecule has 17 heavy (non-hydrogen) atoms. The number of benzene rings is 1. The van der Waals surface area contributed by atoms with Gasteiger partial charge in [0.15, 0.2) is 5.75 Å². The Hall–Kier alpha value is -1.71. The van der Waals surface area contributed by atoms with Gasteiger partial charge in [-0.05, 0) is 25.0 Å². The Balaban J connectivity index is 1.93. The molecule has 1 N–H and O–H groups in total. The van der Waals surface area contributed by atoms with E-state index in [9.17, 15) is 4.79 Å². The number of nitrogens with one attached hydrogen (secondary N) is 1. The molecule has 2 aliphatic rings. The maximum atomic E-state index is 12.3. The number of rotatable bonds is 2. The van der Waals surface area contributed by atoms with Crippen LogP contribution in [0.4, 0.5) is 5.69 Å². The molecule has 0 unspecified atom stereocenters. The molecule has 1 heterocycles. The number of hydrogen-bond donors (Lipinski definition) is 1. The van der Waals surface area contributed by atoms with Gasteiger partial charge in [-0.25, -0.2) is 0 Å². The molecule has 1 aliphatic heterocycles. The zero-order valence-electron chi connectivity index (χ0n) is 9.90. The average molecular weight is 232 g/mol. The molecule has 4 nitrogen and oxygen atoms in total. The fourth-order valence-corrected chi connectivity index (χ4v) is 2.16. The molecule has 1 amide bonds. The number of nitrogens with zero attached hydrogens (tertiary/aromatic N) is 1. The predicted octanol–water partition coefficient (Wildman–Crippen LogP) is 1.73. The van der Waals surface area contributed by atoms with Crippen LogP contribution in [0.25, 0.3) is 0 Å². The van der Waals surface area contributed by atoms with E-state index >= 15 is 0 Å². The van der Waals surface area contributed by atoms with Crippen LogP contribution in [0.5, 0.6) is 5.75 Å². The third-order valence-electron chi connectivity index (χ3n) is 3.32. The Morgan fingerprint density at radius 1 is 1.47 bits per heavy atom. The SMILES string of the molecule is CN(C(=O)c1cccc2c1OCCN2)C1CC1. The Bertz CT molecular complexity index is 455. The van der Waals surface area contributed by atoms with Crippen LogP contribution in [0.15, 0.2) is 18.2 Å². The predicted molar refractivity (Wildman–Crippen MR) is 65.5 cm³/mol. The van der Waals surface area contributed by atoms with E-state index in [-0.39, 0.29) is 5.91 Å². The third kappa shape index (κ3) is 1.84. The minimum Gasteiger partial charge on any atom is -0.489 e. The maximum Gasteiger partial charge on any atom is 0.257 e. The molecule has 0 aromatic heterocycles. The van der Waals surface area contributed by atoms with Crippen molar-refractivity contribution in [2.75, 3.05) is 25.5 Å². The molecule has 1 aromatic carbocycles. The molecule has 1 fully saturated rings. The normalized spacial score (nSPS) is 17.7. The summed E-state index contributed by atoms with van der Waals surface area (Å²) in [6.07, 6.45) is 2.24. The highest BCUT2D eigenvalue weighted by atomic mass is 16.5. The Kier molecular flexibility index (Phi) is 2.42. The molecule has 4 heteroatoms. The van der Waals surface area contributed by atoms with Crippen LogP contribution in [-0.4, -0.2) is 37.0 Å². The summed E-state index contributed by atoms with van der Waals surface area (Å²) in [7, 11) is 1.87. The number of para-hydroxylation sites is 1. The van der Waals surface area contributed by atoms with Gasteiger partial charge in [0.25, 0.3) is 5.91 Å². The van der Waals surface area contributed by atoms with Crippen LogP contribution in [0.1, 0.15) is 23.2 Å². The van der Waals surface area contributed by atoms with Crippen molar-refractivity contribution in [3.8, 4) is 5.75 Å². The van der Waals surface area contributed by atoms with Crippen molar-refractivity contribution in [1.29, 1.82) is 0 Å². The Morgan fingerprint density at radius 3 is 3.06 bits per heavy atom. The molecule has 0 atom stereocenters. The molecule has 0 saturated heterocycles. The average Bonchev–Trinajstić information content (AvgIpc) is 3.20. The van der Waals surface area contributed by atoms with Crippen molar-refractivity contribution in [2.45, 2.75) is 18.9 Å². The van der Waals surface area contributed by atoms with Gasteiger partial charge in [0.05, 0.1) is 11.3 Å². The second-order valence-electron chi connectivity index (χ2n) is 4.60. The molecule has 3 rings (SSSR count). The van der Waals surface area contributed by atoms with Gasteiger partial charge in [0, 0.05) is 19.6 Å². The number of ether oxygens (including phenoxy) is 1. The van der Waals surface area contributed by atoms with Gasteiger partial charge in [-0.2, -0.15) is 0 Å². The topological polar surface area (TPSA) is 41.6 Å². The van der Waals surface area contributed by atoms with Crippen LogP contribution in [0.3, 0.4) is 0 Å². The van der Waals surface area contributed by atoms with Gasteiger partial charge in [-0.1, -0.05) is 6.07 Å². The first-order chi connectivity index (χ1) is 8.27. The van der Waals surface area contributed by atoms with Crippen molar-refractivity contribution in [3.63, 3.8) is 0 Å². The summed E-state index contributed by atoms with van der Waals surface area (Å²) < 4.78 is 5.62. The summed E-state index contributed by atoms with van der Waals surface area (Å²) in [6, 6.07) is 6.11. The van der Waals surface area contributed by atoms with E-state index in [4.69, 9.17) is 4.74 Å². The Labute approximate surface area is 101 Å². The van der Waals surface area contributed by atoms with Gasteiger partial charge in [-0.15, -0.1) is 0 Å². The number of fused-ring (bicyclic) bond motifs is 1. The first kappa shape index (κ1) is 10.4. The summed E-state index contributed by atoms with van der Waals surface area (Å²) in [5.41, 5.74) is 1.59. The minimum absolute atomic E-state index is 0.0630. The van der Waals surface area contributed by atoms with Gasteiger partial charge in [0.1, 0.15) is 6.61 Å². The van der Waals surface area contributed by atoms with Crippen molar-refractivity contribution in [1.82, 2.24) is 4.90 Å². The van der Waals surface area contributed by atoms with Gasteiger partial charge in [-0.3, -0.25) is 4.79 Å². The van der Waals surface area contributed by atoms with E-state index < -0.39 is 0 Å². The molecule has 0 radical (unpaired) electrons. The van der Waals surface area contributed by atoms with E-state index in [1.165, 1.54) is 0 Å². The van der Waals surface area contributed by atoms with Crippen molar-refractivity contribution in [2.24, 2.45) is 0 Å². The minimum atomic E-state index is 0.0630. The van der Waals surface area contributed by atoms with Crippen molar-refractivity contribution in [3.05, 3.63) is 23.8 Å². The molecule has 1 aliphatic carbocycles. The van der Waals surface area contributed by atoms with E-state index in [1.807, 2.05) is 30.1 Å². The van der Waals surface area contributed by atoms with E-state index in [0.29, 0.717) is 24.0 Å². The van der Waals surface area contributed by atoms with Gasteiger partial charge in [0.2, 0.25) is 0 Å². The third-order valence-corrected chi connectivity index (χ3v) is 3.32. The smallest absolute Gasteiger partial charge is 0.257 e. The fourth-order valence-electron chi connectivity index (χ4n) is 2.16. The maximum absolute atomic E-state index is 12.3. The highest BCUT2D eigenvalue weighted by Crippen LogP contribution is 2.34. The van der Waals surface area contributed by atoms with Crippen molar-refractivity contribution < 1.29 is 9.53 Å². The Morgan fingerprint density at radius 2 is 2.29 bits per heavy atom. The molecule has 90 valence electrons. The molecular weight excluding hydrogens is 216 g/mol. The lowest BCUT2D eigenvalue weighted by atomic mass is 10.1. The largest absolute Gasteiger partial charge is 0.489 e. The highest BCUT2D eigenvalue weighted by molar-refractivity contribution is 5.99. The number of amides is 1. The van der Waals surface area contributed by atoms with Crippen LogP contribution in [0, 0.1) is 0 Å².